The highest BCUT2D eigenvalue weighted by Gasteiger charge is 2.25. The molecule has 0 aliphatic carbocycles. The van der Waals surface area contributed by atoms with Crippen LogP contribution in [0.3, 0.4) is 0 Å². The van der Waals surface area contributed by atoms with E-state index in [1.807, 2.05) is 6.92 Å². The molecule has 2 amide bonds. The Bertz CT molecular complexity index is 809. The monoisotopic (exact) mass is 416 g/mol. The van der Waals surface area contributed by atoms with E-state index in [1.165, 1.54) is 17.0 Å². The molecule has 0 bridgehead atoms. The van der Waals surface area contributed by atoms with E-state index in [4.69, 9.17) is 9.47 Å². The van der Waals surface area contributed by atoms with Crippen molar-refractivity contribution in [3.05, 3.63) is 59.9 Å². The Morgan fingerprint density at radius 1 is 1.07 bits per heavy atom. The summed E-state index contributed by atoms with van der Waals surface area (Å²) in [5.41, 5.74) is 0.760. The summed E-state index contributed by atoms with van der Waals surface area (Å²) in [7, 11) is 1.60. The van der Waals surface area contributed by atoms with E-state index in [0.29, 0.717) is 25.3 Å². The smallest absolute Gasteiger partial charge is 0.242 e. The molecular formula is C23H29FN2O4. The molecule has 0 spiro atoms. The van der Waals surface area contributed by atoms with Crippen LogP contribution in [0.15, 0.2) is 48.5 Å². The zero-order valence-corrected chi connectivity index (χ0v) is 17.7. The first-order valence-corrected chi connectivity index (χ1v) is 10.0. The van der Waals surface area contributed by atoms with Gasteiger partial charge in [-0.2, -0.15) is 0 Å². The molecular weight excluding hydrogens is 387 g/mol. The first-order chi connectivity index (χ1) is 14.4. The summed E-state index contributed by atoms with van der Waals surface area (Å²) in [5, 5.41) is 2.75. The predicted octanol–water partition coefficient (Wildman–Crippen LogP) is 3.55. The fourth-order valence-corrected chi connectivity index (χ4v) is 2.92. The van der Waals surface area contributed by atoms with E-state index in [2.05, 4.69) is 5.32 Å². The Morgan fingerprint density at radius 2 is 1.70 bits per heavy atom. The summed E-state index contributed by atoms with van der Waals surface area (Å²) < 4.78 is 24.0. The Morgan fingerprint density at radius 3 is 2.30 bits per heavy atom. The molecule has 0 aliphatic heterocycles. The van der Waals surface area contributed by atoms with Crippen LogP contribution in [0.4, 0.5) is 4.39 Å². The molecule has 0 heterocycles. The Hall–Kier alpha value is -3.09. The molecule has 1 unspecified atom stereocenters. The van der Waals surface area contributed by atoms with Gasteiger partial charge in [-0.05, 0) is 62.2 Å². The van der Waals surface area contributed by atoms with Crippen molar-refractivity contribution < 1.29 is 23.5 Å². The molecule has 2 aromatic carbocycles. The Kier molecular flexibility index (Phi) is 9.12. The number of likely N-dealkylation sites (N-methyl/N-ethyl adjacent to an activating group) is 1. The molecule has 0 saturated carbocycles. The Labute approximate surface area is 177 Å². The first kappa shape index (κ1) is 23.2. The lowest BCUT2D eigenvalue weighted by Gasteiger charge is -2.28. The van der Waals surface area contributed by atoms with Gasteiger partial charge in [0.25, 0.3) is 0 Å². The minimum absolute atomic E-state index is 0.156. The average Bonchev–Trinajstić information content (AvgIpc) is 2.76. The molecule has 1 atom stereocenters. The maximum Gasteiger partial charge on any atom is 0.242 e. The minimum atomic E-state index is -0.634. The number of ether oxygens (including phenoxy) is 2. The number of benzene rings is 2. The van der Waals surface area contributed by atoms with Crippen molar-refractivity contribution in [3.63, 3.8) is 0 Å². The first-order valence-electron chi connectivity index (χ1n) is 10.0. The number of amides is 2. The van der Waals surface area contributed by atoms with Crippen molar-refractivity contribution in [1.82, 2.24) is 10.2 Å². The third-order valence-electron chi connectivity index (χ3n) is 4.65. The van der Waals surface area contributed by atoms with Crippen LogP contribution in [-0.4, -0.2) is 43.0 Å². The van der Waals surface area contributed by atoms with Crippen molar-refractivity contribution >= 4 is 11.8 Å². The van der Waals surface area contributed by atoms with Crippen LogP contribution < -0.4 is 14.8 Å². The molecule has 0 saturated heterocycles. The van der Waals surface area contributed by atoms with Crippen LogP contribution in [-0.2, 0) is 16.1 Å². The second kappa shape index (κ2) is 11.8. The summed E-state index contributed by atoms with van der Waals surface area (Å²) in [6.45, 7) is 4.61. The van der Waals surface area contributed by atoms with E-state index in [9.17, 15) is 14.0 Å². The van der Waals surface area contributed by atoms with E-state index < -0.39 is 6.04 Å². The second-order valence-electron chi connectivity index (χ2n) is 6.85. The normalized spacial score (nSPS) is 11.5. The highest BCUT2D eigenvalue weighted by atomic mass is 19.1. The Balaban J connectivity index is 1.94. The summed E-state index contributed by atoms with van der Waals surface area (Å²) in [5.74, 6) is 0.721. The van der Waals surface area contributed by atoms with Crippen molar-refractivity contribution in [3.8, 4) is 11.5 Å². The largest absolute Gasteiger partial charge is 0.497 e. The average molecular weight is 416 g/mol. The molecule has 0 radical (unpaired) electrons. The number of carbonyl (C=O) groups excluding carboxylic acids is 2. The molecule has 7 heteroatoms. The SMILES string of the molecule is CCNC(=O)C(C)N(Cc1ccc(F)cc1)C(=O)CCCOc1ccc(OC)cc1. The van der Waals surface area contributed by atoms with Crippen molar-refractivity contribution in [2.75, 3.05) is 20.3 Å². The van der Waals surface area contributed by atoms with Crippen molar-refractivity contribution in [2.45, 2.75) is 39.3 Å². The fraction of sp³-hybridized carbons (Fsp3) is 0.391. The lowest BCUT2D eigenvalue weighted by molar-refractivity contribution is -0.140. The third kappa shape index (κ3) is 7.06. The van der Waals surface area contributed by atoms with Gasteiger partial charge in [0, 0.05) is 19.5 Å². The van der Waals surface area contributed by atoms with Gasteiger partial charge in [0.05, 0.1) is 13.7 Å². The lowest BCUT2D eigenvalue weighted by atomic mass is 10.1. The van der Waals surface area contributed by atoms with Gasteiger partial charge in [-0.1, -0.05) is 12.1 Å². The number of rotatable bonds is 11. The number of methoxy groups -OCH3 is 1. The van der Waals surface area contributed by atoms with E-state index in [0.717, 1.165) is 11.3 Å². The molecule has 30 heavy (non-hydrogen) atoms. The lowest BCUT2D eigenvalue weighted by Crippen LogP contribution is -2.47. The summed E-state index contributed by atoms with van der Waals surface area (Å²) >= 11 is 0. The molecule has 1 N–H and O–H groups in total. The van der Waals surface area contributed by atoms with Gasteiger partial charge in [-0.3, -0.25) is 9.59 Å². The second-order valence-corrected chi connectivity index (χ2v) is 6.85. The number of nitrogens with one attached hydrogen (secondary N) is 1. The standard InChI is InChI=1S/C23H29FN2O4/c1-4-25-23(28)17(2)26(16-18-7-9-19(24)10-8-18)22(27)6-5-15-30-21-13-11-20(29-3)12-14-21/h7-14,17H,4-6,15-16H2,1-3H3,(H,25,28). The minimum Gasteiger partial charge on any atom is -0.497 e. The molecule has 2 aromatic rings. The van der Waals surface area contributed by atoms with E-state index in [1.54, 1.807) is 50.4 Å². The van der Waals surface area contributed by atoms with Crippen LogP contribution in [0.25, 0.3) is 0 Å². The number of hydrogen-bond donors (Lipinski definition) is 1. The van der Waals surface area contributed by atoms with E-state index >= 15 is 0 Å². The summed E-state index contributed by atoms with van der Waals surface area (Å²) in [6.07, 6.45) is 0.744. The predicted molar refractivity (Wildman–Crippen MR) is 113 cm³/mol. The van der Waals surface area contributed by atoms with Crippen LogP contribution in [0.1, 0.15) is 32.3 Å². The molecule has 2 rings (SSSR count). The fourth-order valence-electron chi connectivity index (χ4n) is 2.92. The highest BCUT2D eigenvalue weighted by molar-refractivity contribution is 5.87. The maximum atomic E-state index is 13.2. The molecule has 162 valence electrons. The van der Waals surface area contributed by atoms with Crippen LogP contribution in [0.2, 0.25) is 0 Å². The molecule has 6 nitrogen and oxygen atoms in total. The van der Waals surface area contributed by atoms with Crippen LogP contribution in [0, 0.1) is 5.82 Å². The van der Waals surface area contributed by atoms with E-state index in [-0.39, 0.29) is 30.6 Å². The summed E-state index contributed by atoms with van der Waals surface area (Å²) in [4.78, 5) is 26.7. The zero-order chi connectivity index (χ0) is 21.9. The summed E-state index contributed by atoms with van der Waals surface area (Å²) in [6, 6.07) is 12.5. The number of nitrogens with zero attached hydrogens (tertiary/aromatic N) is 1. The van der Waals surface area contributed by atoms with Crippen LogP contribution >= 0.6 is 0 Å². The maximum absolute atomic E-state index is 13.2. The zero-order valence-electron chi connectivity index (χ0n) is 17.7. The quantitative estimate of drug-likeness (QED) is 0.569. The van der Waals surface area contributed by atoms with Gasteiger partial charge < -0.3 is 19.7 Å². The number of halogens is 1. The molecule has 0 aromatic heterocycles. The van der Waals surface area contributed by atoms with Gasteiger partial charge in [-0.15, -0.1) is 0 Å². The van der Waals surface area contributed by atoms with Crippen molar-refractivity contribution in [2.24, 2.45) is 0 Å². The number of hydrogen-bond acceptors (Lipinski definition) is 4. The topological polar surface area (TPSA) is 67.9 Å². The molecule has 0 fully saturated rings. The third-order valence-corrected chi connectivity index (χ3v) is 4.65. The highest BCUT2D eigenvalue weighted by Crippen LogP contribution is 2.18. The van der Waals surface area contributed by atoms with Gasteiger partial charge >= 0.3 is 0 Å². The van der Waals surface area contributed by atoms with Gasteiger partial charge in [-0.25, -0.2) is 4.39 Å². The van der Waals surface area contributed by atoms with Gasteiger partial charge in [0.2, 0.25) is 11.8 Å². The molecule has 0 aliphatic rings. The van der Waals surface area contributed by atoms with Crippen molar-refractivity contribution in [1.29, 1.82) is 0 Å². The van der Waals surface area contributed by atoms with Crippen LogP contribution in [0.5, 0.6) is 11.5 Å². The van der Waals surface area contributed by atoms with Gasteiger partial charge in [0.1, 0.15) is 23.4 Å². The number of carbonyl (C=O) groups is 2. The van der Waals surface area contributed by atoms with Gasteiger partial charge in [0.15, 0.2) is 0 Å².